The van der Waals surface area contributed by atoms with E-state index in [4.69, 9.17) is 0 Å². The van der Waals surface area contributed by atoms with E-state index in [1.807, 2.05) is 0 Å². The van der Waals surface area contributed by atoms with Gasteiger partial charge in [0.25, 0.3) is 0 Å². The van der Waals surface area contributed by atoms with Gasteiger partial charge in [-0.25, -0.2) is 8.78 Å². The van der Waals surface area contributed by atoms with Crippen LogP contribution in [0.4, 0.5) is 22.0 Å². The minimum absolute atomic E-state index is 0.234. The second kappa shape index (κ2) is 2.95. The third kappa shape index (κ3) is 1.79. The number of rotatable bonds is 1. The molecule has 2 rings (SSSR count). The highest BCUT2D eigenvalue weighted by molar-refractivity contribution is 5.75. The molecule has 0 radical (unpaired) electrons. The van der Waals surface area contributed by atoms with Gasteiger partial charge in [0, 0.05) is 17.8 Å². The number of hydrogen-bond acceptors (Lipinski definition) is 1. The van der Waals surface area contributed by atoms with Gasteiger partial charge in [-0.3, -0.25) is 0 Å². The number of benzene rings is 1. The van der Waals surface area contributed by atoms with E-state index in [1.54, 1.807) is 0 Å². The molecule has 15 heavy (non-hydrogen) atoms. The molecule has 0 aliphatic carbocycles. The summed E-state index contributed by atoms with van der Waals surface area (Å²) < 4.78 is 62.6. The number of hydrogen-bond donors (Lipinski definition) is 1. The van der Waals surface area contributed by atoms with Crippen LogP contribution in [0.2, 0.25) is 0 Å². The van der Waals surface area contributed by atoms with E-state index in [0.29, 0.717) is 6.07 Å². The molecule has 0 unspecified atom stereocenters. The maximum atomic E-state index is 13.0. The first-order valence-electron chi connectivity index (χ1n) is 3.93. The minimum Gasteiger partial charge on any atom is -0.358 e. The first-order chi connectivity index (χ1) is 6.89. The van der Waals surface area contributed by atoms with Crippen LogP contribution in [0, 0.1) is 11.6 Å². The molecule has 0 aromatic heterocycles. The van der Waals surface area contributed by atoms with Gasteiger partial charge < -0.3 is 5.32 Å². The first kappa shape index (κ1) is 9.95. The predicted octanol–water partition coefficient (Wildman–Crippen LogP) is 2.89. The van der Waals surface area contributed by atoms with E-state index < -0.39 is 23.4 Å². The SMILES string of the molecule is Fc1cc(F)c(C(F)(F)F)cc1C1=CN1. The smallest absolute Gasteiger partial charge is 0.358 e. The van der Waals surface area contributed by atoms with E-state index in [1.165, 1.54) is 6.20 Å². The van der Waals surface area contributed by atoms with Gasteiger partial charge in [-0.15, -0.1) is 0 Å². The van der Waals surface area contributed by atoms with Crippen molar-refractivity contribution in [2.75, 3.05) is 0 Å². The average Bonchev–Trinajstić information content (AvgIpc) is 2.84. The molecule has 0 bridgehead atoms. The molecule has 1 nitrogen and oxygen atoms in total. The summed E-state index contributed by atoms with van der Waals surface area (Å²) in [6, 6.07) is 0.690. The summed E-state index contributed by atoms with van der Waals surface area (Å²) >= 11 is 0. The van der Waals surface area contributed by atoms with Crippen molar-refractivity contribution in [1.29, 1.82) is 0 Å². The fourth-order valence-corrected chi connectivity index (χ4v) is 1.16. The third-order valence-corrected chi connectivity index (χ3v) is 1.94. The van der Waals surface area contributed by atoms with Gasteiger partial charge in [0.2, 0.25) is 0 Å². The maximum absolute atomic E-state index is 13.0. The van der Waals surface area contributed by atoms with Crippen LogP contribution >= 0.6 is 0 Å². The topological polar surface area (TPSA) is 21.9 Å². The molecule has 0 atom stereocenters. The normalized spacial score (nSPS) is 14.6. The van der Waals surface area contributed by atoms with Crippen LogP contribution in [0.15, 0.2) is 18.3 Å². The lowest BCUT2D eigenvalue weighted by atomic mass is 10.1. The highest BCUT2D eigenvalue weighted by Crippen LogP contribution is 2.35. The maximum Gasteiger partial charge on any atom is 0.419 e. The van der Waals surface area contributed by atoms with Gasteiger partial charge >= 0.3 is 6.18 Å². The number of alkyl halides is 3. The fraction of sp³-hybridized carbons (Fsp3) is 0.111. The Kier molecular flexibility index (Phi) is 1.95. The highest BCUT2D eigenvalue weighted by Gasteiger charge is 2.35. The lowest BCUT2D eigenvalue weighted by Crippen LogP contribution is -2.09. The Morgan fingerprint density at radius 3 is 2.07 bits per heavy atom. The van der Waals surface area contributed by atoms with Crippen LogP contribution in [0.5, 0.6) is 0 Å². The molecule has 0 saturated heterocycles. The average molecular weight is 221 g/mol. The molecule has 1 aliphatic rings. The minimum atomic E-state index is -4.82. The Bertz CT molecular complexity index is 447. The van der Waals surface area contributed by atoms with E-state index in [-0.39, 0.29) is 17.3 Å². The van der Waals surface area contributed by atoms with Crippen LogP contribution in [-0.2, 0) is 6.18 Å². The van der Waals surface area contributed by atoms with Crippen LogP contribution in [0.3, 0.4) is 0 Å². The molecule has 1 aromatic carbocycles. The summed E-state index contributed by atoms with van der Waals surface area (Å²) in [5.41, 5.74) is -1.50. The highest BCUT2D eigenvalue weighted by atomic mass is 19.4. The van der Waals surface area contributed by atoms with Gasteiger partial charge in [0.15, 0.2) is 0 Å². The monoisotopic (exact) mass is 221 g/mol. The third-order valence-electron chi connectivity index (χ3n) is 1.94. The first-order valence-corrected chi connectivity index (χ1v) is 3.93. The molecule has 0 amide bonds. The molecule has 80 valence electrons. The van der Waals surface area contributed by atoms with Crippen LogP contribution in [-0.4, -0.2) is 0 Å². The molecule has 0 saturated carbocycles. The zero-order chi connectivity index (χ0) is 11.2. The van der Waals surface area contributed by atoms with Crippen molar-refractivity contribution in [1.82, 2.24) is 5.32 Å². The van der Waals surface area contributed by atoms with Crippen molar-refractivity contribution in [3.63, 3.8) is 0 Å². The summed E-state index contributed by atoms with van der Waals surface area (Å²) in [5.74, 6) is -2.62. The Hall–Kier alpha value is -1.59. The van der Waals surface area contributed by atoms with Crippen molar-refractivity contribution >= 4 is 5.70 Å². The second-order valence-corrected chi connectivity index (χ2v) is 3.01. The summed E-state index contributed by atoms with van der Waals surface area (Å²) in [7, 11) is 0. The van der Waals surface area contributed by atoms with Crippen molar-refractivity contribution in [2.24, 2.45) is 0 Å². The van der Waals surface area contributed by atoms with E-state index in [2.05, 4.69) is 5.32 Å². The standard InChI is InChI=1S/C9H4F5N/c10-6-2-7(11)5(9(12,13)14)1-4(6)8-3-15-8/h1-3,15H. The molecule has 0 fully saturated rings. The summed E-state index contributed by atoms with van der Waals surface area (Å²) in [6.07, 6.45) is -3.49. The Labute approximate surface area is 81.2 Å². The van der Waals surface area contributed by atoms with Crippen molar-refractivity contribution in [2.45, 2.75) is 6.18 Å². The molecular weight excluding hydrogens is 217 g/mol. The summed E-state index contributed by atoms with van der Waals surface area (Å²) in [6.45, 7) is 0. The molecule has 0 spiro atoms. The van der Waals surface area contributed by atoms with Crippen LogP contribution in [0.25, 0.3) is 5.70 Å². The zero-order valence-electron chi connectivity index (χ0n) is 7.12. The molecule has 1 aliphatic heterocycles. The molecule has 1 aromatic rings. The summed E-state index contributed by atoms with van der Waals surface area (Å²) in [5, 5.41) is 2.45. The molecule has 1 N–H and O–H groups in total. The Morgan fingerprint density at radius 1 is 1.00 bits per heavy atom. The van der Waals surface area contributed by atoms with Crippen molar-refractivity contribution < 1.29 is 22.0 Å². The largest absolute Gasteiger partial charge is 0.419 e. The van der Waals surface area contributed by atoms with Gasteiger partial charge in [-0.05, 0) is 6.07 Å². The predicted molar refractivity (Wildman–Crippen MR) is 42.5 cm³/mol. The summed E-state index contributed by atoms with van der Waals surface area (Å²) in [4.78, 5) is 0. The lowest BCUT2D eigenvalue weighted by molar-refractivity contribution is -0.140. The van der Waals surface area contributed by atoms with E-state index >= 15 is 0 Å². The van der Waals surface area contributed by atoms with Crippen molar-refractivity contribution in [3.8, 4) is 0 Å². The van der Waals surface area contributed by atoms with Crippen LogP contribution in [0.1, 0.15) is 11.1 Å². The Balaban J connectivity index is 2.56. The fourth-order valence-electron chi connectivity index (χ4n) is 1.16. The van der Waals surface area contributed by atoms with Crippen LogP contribution < -0.4 is 5.32 Å². The quantitative estimate of drug-likeness (QED) is 0.723. The molecule has 6 heteroatoms. The van der Waals surface area contributed by atoms with Crippen molar-refractivity contribution in [3.05, 3.63) is 41.1 Å². The lowest BCUT2D eigenvalue weighted by Gasteiger charge is -2.09. The molecule has 1 heterocycles. The second-order valence-electron chi connectivity index (χ2n) is 3.01. The van der Waals surface area contributed by atoms with Gasteiger partial charge in [0.1, 0.15) is 11.6 Å². The zero-order valence-corrected chi connectivity index (χ0v) is 7.12. The van der Waals surface area contributed by atoms with E-state index in [9.17, 15) is 22.0 Å². The number of nitrogens with one attached hydrogen (secondary N) is 1. The van der Waals surface area contributed by atoms with Gasteiger partial charge in [0.05, 0.1) is 11.3 Å². The number of halogens is 5. The van der Waals surface area contributed by atoms with E-state index in [0.717, 1.165) is 0 Å². The van der Waals surface area contributed by atoms with Gasteiger partial charge in [-0.1, -0.05) is 0 Å². The Morgan fingerprint density at radius 2 is 1.60 bits per heavy atom. The molecular formula is C9H4F5N. The van der Waals surface area contributed by atoms with Gasteiger partial charge in [-0.2, -0.15) is 13.2 Å².